The van der Waals surface area contributed by atoms with E-state index in [9.17, 15) is 0 Å². The molecule has 70 valence electrons. The Kier molecular flexibility index (Phi) is 2.00. The van der Waals surface area contributed by atoms with E-state index in [0.717, 1.165) is 18.7 Å². The van der Waals surface area contributed by atoms with Gasteiger partial charge in [-0.05, 0) is 43.7 Å². The lowest BCUT2D eigenvalue weighted by molar-refractivity contribution is 0.247. The first kappa shape index (κ1) is 8.57. The first-order valence-electron chi connectivity index (χ1n) is 4.77. The van der Waals surface area contributed by atoms with Crippen LogP contribution in [0.5, 0.6) is 0 Å². The Morgan fingerprint density at radius 2 is 2.23 bits per heavy atom. The van der Waals surface area contributed by atoms with E-state index >= 15 is 0 Å². The summed E-state index contributed by atoms with van der Waals surface area (Å²) in [5, 5.41) is 0. The molecule has 2 N–H and O–H groups in total. The van der Waals surface area contributed by atoms with Crippen molar-refractivity contribution in [2.75, 3.05) is 19.3 Å². The molecule has 1 aliphatic rings. The number of benzene rings is 1. The SMILES string of the molecule is C[C@H]1c2cc(N)ccc2CCN1C. The van der Waals surface area contributed by atoms with E-state index in [1.807, 2.05) is 6.07 Å². The number of fused-ring (bicyclic) bond motifs is 1. The molecule has 0 saturated carbocycles. The van der Waals surface area contributed by atoms with Gasteiger partial charge in [0.1, 0.15) is 0 Å². The summed E-state index contributed by atoms with van der Waals surface area (Å²) in [7, 11) is 2.16. The van der Waals surface area contributed by atoms with Crippen molar-refractivity contribution < 1.29 is 0 Å². The lowest BCUT2D eigenvalue weighted by Gasteiger charge is -2.32. The number of likely N-dealkylation sites (N-methyl/N-ethyl adjacent to an activating group) is 1. The van der Waals surface area contributed by atoms with Gasteiger partial charge >= 0.3 is 0 Å². The van der Waals surface area contributed by atoms with Gasteiger partial charge in [-0.2, -0.15) is 0 Å². The van der Waals surface area contributed by atoms with E-state index in [1.54, 1.807) is 0 Å². The summed E-state index contributed by atoms with van der Waals surface area (Å²) >= 11 is 0. The lowest BCUT2D eigenvalue weighted by Crippen LogP contribution is -2.30. The molecule has 2 heteroatoms. The molecule has 0 spiro atoms. The highest BCUT2D eigenvalue weighted by Crippen LogP contribution is 2.29. The summed E-state index contributed by atoms with van der Waals surface area (Å²) in [5.74, 6) is 0. The molecule has 0 aliphatic carbocycles. The average molecular weight is 176 g/mol. The van der Waals surface area contributed by atoms with Crippen molar-refractivity contribution in [1.82, 2.24) is 4.90 Å². The van der Waals surface area contributed by atoms with Gasteiger partial charge in [0.15, 0.2) is 0 Å². The Bertz CT molecular complexity index is 320. The second-order valence-electron chi connectivity index (χ2n) is 3.86. The topological polar surface area (TPSA) is 29.3 Å². The van der Waals surface area contributed by atoms with Gasteiger partial charge in [0, 0.05) is 18.3 Å². The normalized spacial score (nSPS) is 22.8. The maximum Gasteiger partial charge on any atom is 0.0320 e. The predicted octanol–water partition coefficient (Wildman–Crippen LogP) is 1.82. The van der Waals surface area contributed by atoms with Crippen LogP contribution in [0.4, 0.5) is 5.69 Å². The third-order valence-corrected chi connectivity index (χ3v) is 3.02. The summed E-state index contributed by atoms with van der Waals surface area (Å²) in [5.41, 5.74) is 9.50. The first-order chi connectivity index (χ1) is 6.18. The van der Waals surface area contributed by atoms with Crippen LogP contribution in [0.3, 0.4) is 0 Å². The standard InChI is InChI=1S/C11H16N2/c1-8-11-7-10(12)4-3-9(11)5-6-13(8)2/h3-4,7-8H,5-6,12H2,1-2H3/t8-/m0/s1. The van der Waals surface area contributed by atoms with Crippen molar-refractivity contribution in [1.29, 1.82) is 0 Å². The number of anilines is 1. The highest BCUT2D eigenvalue weighted by molar-refractivity contribution is 5.46. The fourth-order valence-corrected chi connectivity index (χ4v) is 1.96. The fourth-order valence-electron chi connectivity index (χ4n) is 1.96. The van der Waals surface area contributed by atoms with E-state index in [2.05, 4.69) is 31.0 Å². The number of hydrogen-bond donors (Lipinski definition) is 1. The van der Waals surface area contributed by atoms with Crippen molar-refractivity contribution in [2.24, 2.45) is 0 Å². The van der Waals surface area contributed by atoms with Crippen LogP contribution < -0.4 is 5.73 Å². The molecule has 1 heterocycles. The highest BCUT2D eigenvalue weighted by Gasteiger charge is 2.20. The van der Waals surface area contributed by atoms with Gasteiger partial charge in [-0.15, -0.1) is 0 Å². The largest absolute Gasteiger partial charge is 0.399 e. The van der Waals surface area contributed by atoms with Crippen LogP contribution in [0.25, 0.3) is 0 Å². The molecule has 0 bridgehead atoms. The molecular formula is C11H16N2. The summed E-state index contributed by atoms with van der Waals surface area (Å²) in [4.78, 5) is 2.36. The van der Waals surface area contributed by atoms with Gasteiger partial charge in [-0.1, -0.05) is 6.07 Å². The molecule has 2 rings (SSSR count). The van der Waals surface area contributed by atoms with Crippen molar-refractivity contribution >= 4 is 5.69 Å². The van der Waals surface area contributed by atoms with E-state index in [-0.39, 0.29) is 0 Å². The van der Waals surface area contributed by atoms with Crippen LogP contribution in [-0.4, -0.2) is 18.5 Å². The third kappa shape index (κ3) is 1.42. The molecule has 13 heavy (non-hydrogen) atoms. The van der Waals surface area contributed by atoms with Gasteiger partial charge in [0.25, 0.3) is 0 Å². The van der Waals surface area contributed by atoms with Crippen LogP contribution in [0, 0.1) is 0 Å². The van der Waals surface area contributed by atoms with Crippen LogP contribution >= 0.6 is 0 Å². The molecule has 0 unspecified atom stereocenters. The van der Waals surface area contributed by atoms with Gasteiger partial charge in [-0.3, -0.25) is 4.90 Å². The number of nitrogens with two attached hydrogens (primary N) is 1. The molecule has 1 aliphatic heterocycles. The zero-order valence-corrected chi connectivity index (χ0v) is 8.25. The average Bonchev–Trinajstić information content (AvgIpc) is 2.12. The number of nitrogens with zero attached hydrogens (tertiary/aromatic N) is 1. The minimum Gasteiger partial charge on any atom is -0.399 e. The molecular weight excluding hydrogens is 160 g/mol. The number of rotatable bonds is 0. The first-order valence-corrected chi connectivity index (χ1v) is 4.77. The van der Waals surface area contributed by atoms with Crippen LogP contribution in [0.1, 0.15) is 24.1 Å². The minimum absolute atomic E-state index is 0.507. The van der Waals surface area contributed by atoms with Crippen LogP contribution in [-0.2, 0) is 6.42 Å². The van der Waals surface area contributed by atoms with Gasteiger partial charge in [-0.25, -0.2) is 0 Å². The summed E-state index contributed by atoms with van der Waals surface area (Å²) in [6.45, 7) is 3.38. The molecule has 1 aromatic carbocycles. The lowest BCUT2D eigenvalue weighted by atomic mass is 9.93. The van der Waals surface area contributed by atoms with Crippen LogP contribution in [0.15, 0.2) is 18.2 Å². The maximum absolute atomic E-state index is 5.77. The second kappa shape index (κ2) is 3.04. The van der Waals surface area contributed by atoms with Gasteiger partial charge < -0.3 is 5.73 Å². The fraction of sp³-hybridized carbons (Fsp3) is 0.455. The summed E-state index contributed by atoms with van der Waals surface area (Å²) in [6.07, 6.45) is 1.15. The van der Waals surface area contributed by atoms with Gasteiger partial charge in [0.2, 0.25) is 0 Å². The summed E-state index contributed by atoms with van der Waals surface area (Å²) in [6, 6.07) is 6.77. The van der Waals surface area contributed by atoms with Crippen molar-refractivity contribution in [2.45, 2.75) is 19.4 Å². The molecule has 0 amide bonds. The molecule has 0 aromatic heterocycles. The number of hydrogen-bond acceptors (Lipinski definition) is 2. The molecule has 0 saturated heterocycles. The molecule has 2 nitrogen and oxygen atoms in total. The van der Waals surface area contributed by atoms with Gasteiger partial charge in [0.05, 0.1) is 0 Å². The zero-order valence-electron chi connectivity index (χ0n) is 8.25. The Morgan fingerprint density at radius 1 is 1.46 bits per heavy atom. The predicted molar refractivity (Wildman–Crippen MR) is 55.6 cm³/mol. The third-order valence-electron chi connectivity index (χ3n) is 3.02. The Labute approximate surface area is 79.4 Å². The van der Waals surface area contributed by atoms with Crippen molar-refractivity contribution in [3.63, 3.8) is 0 Å². The number of nitrogen functional groups attached to an aromatic ring is 1. The van der Waals surface area contributed by atoms with E-state index in [0.29, 0.717) is 6.04 Å². The Hall–Kier alpha value is -1.02. The highest BCUT2D eigenvalue weighted by atomic mass is 15.1. The van der Waals surface area contributed by atoms with Crippen molar-refractivity contribution in [3.8, 4) is 0 Å². The molecule has 0 fully saturated rings. The Morgan fingerprint density at radius 3 is 3.00 bits per heavy atom. The van der Waals surface area contributed by atoms with E-state index in [4.69, 9.17) is 5.73 Å². The molecule has 1 atom stereocenters. The Balaban J connectivity index is 2.45. The van der Waals surface area contributed by atoms with E-state index < -0.39 is 0 Å². The minimum atomic E-state index is 0.507. The summed E-state index contributed by atoms with van der Waals surface area (Å²) < 4.78 is 0. The van der Waals surface area contributed by atoms with E-state index in [1.165, 1.54) is 11.1 Å². The quantitative estimate of drug-likeness (QED) is 0.611. The second-order valence-corrected chi connectivity index (χ2v) is 3.86. The maximum atomic E-state index is 5.77. The molecule has 0 radical (unpaired) electrons. The van der Waals surface area contributed by atoms with Crippen LogP contribution in [0.2, 0.25) is 0 Å². The van der Waals surface area contributed by atoms with Crippen molar-refractivity contribution in [3.05, 3.63) is 29.3 Å². The smallest absolute Gasteiger partial charge is 0.0320 e. The monoisotopic (exact) mass is 176 g/mol. The zero-order chi connectivity index (χ0) is 9.42. The molecule has 1 aromatic rings.